The molecule has 4 heteroatoms. The number of halogens is 1. The van der Waals surface area contributed by atoms with Gasteiger partial charge in [-0.1, -0.05) is 31.9 Å². The van der Waals surface area contributed by atoms with E-state index in [0.717, 1.165) is 31.2 Å². The summed E-state index contributed by atoms with van der Waals surface area (Å²) < 4.78 is 33.1. The van der Waals surface area contributed by atoms with E-state index in [9.17, 15) is 8.60 Å². The van der Waals surface area contributed by atoms with Crippen molar-refractivity contribution in [2.75, 3.05) is 0 Å². The van der Waals surface area contributed by atoms with Gasteiger partial charge in [0.15, 0.2) is 11.1 Å². The lowest BCUT2D eigenvalue weighted by atomic mass is 10.0. The van der Waals surface area contributed by atoms with Crippen LogP contribution in [0.2, 0.25) is 0 Å². The van der Waals surface area contributed by atoms with Crippen LogP contribution in [-0.2, 0) is 23.3 Å². The molecule has 1 aromatic carbocycles. The normalized spacial score (nSPS) is 12.7. The van der Waals surface area contributed by atoms with Crippen molar-refractivity contribution in [2.24, 2.45) is 0 Å². The van der Waals surface area contributed by atoms with Gasteiger partial charge in [0.2, 0.25) is 0 Å². The molecule has 0 saturated heterocycles. The molecule has 1 rings (SSSR count). The van der Waals surface area contributed by atoms with Gasteiger partial charge in [-0.25, -0.2) is 8.60 Å². The molecule has 0 fully saturated rings. The van der Waals surface area contributed by atoms with Crippen molar-refractivity contribution in [3.8, 4) is 0 Å². The third-order valence-electron chi connectivity index (χ3n) is 2.53. The molecule has 0 amide bonds. The monoisotopic (exact) mass is 244 g/mol. The molecule has 90 valence electrons. The summed E-state index contributed by atoms with van der Waals surface area (Å²) >= 11 is -1.98. The average Bonchev–Trinajstić information content (AvgIpc) is 2.23. The van der Waals surface area contributed by atoms with Crippen LogP contribution in [0.25, 0.3) is 0 Å². The summed E-state index contributed by atoms with van der Waals surface area (Å²) in [5.74, 6) is -0.495. The van der Waals surface area contributed by atoms with E-state index in [1.165, 1.54) is 6.07 Å². The Morgan fingerprint density at radius 2 is 2.12 bits per heavy atom. The highest BCUT2D eigenvalue weighted by Crippen LogP contribution is 2.18. The molecule has 1 atom stereocenters. The molecule has 16 heavy (non-hydrogen) atoms. The van der Waals surface area contributed by atoms with Crippen molar-refractivity contribution in [1.29, 1.82) is 0 Å². The number of rotatable bonds is 6. The first-order chi connectivity index (χ1) is 7.65. The van der Waals surface area contributed by atoms with Gasteiger partial charge >= 0.3 is 0 Å². The largest absolute Gasteiger partial charge is 0.306 e. The molecular formula is C12H17FO2S. The number of aryl methyl sites for hydroxylation is 1. The topological polar surface area (TPSA) is 37.3 Å². The van der Waals surface area contributed by atoms with E-state index >= 15 is 0 Å². The number of hydrogen-bond donors (Lipinski definition) is 1. The van der Waals surface area contributed by atoms with Crippen LogP contribution in [0.5, 0.6) is 0 Å². The maximum absolute atomic E-state index is 13.5. The van der Waals surface area contributed by atoms with Crippen molar-refractivity contribution < 1.29 is 13.2 Å². The van der Waals surface area contributed by atoms with Crippen LogP contribution in [-0.4, -0.2) is 8.76 Å². The lowest BCUT2D eigenvalue weighted by Crippen LogP contribution is -2.02. The summed E-state index contributed by atoms with van der Waals surface area (Å²) in [5, 5.41) is 0. The van der Waals surface area contributed by atoms with Crippen LogP contribution in [0.1, 0.15) is 37.3 Å². The van der Waals surface area contributed by atoms with Crippen molar-refractivity contribution in [1.82, 2.24) is 0 Å². The van der Waals surface area contributed by atoms with Crippen molar-refractivity contribution >= 4 is 11.1 Å². The second-order valence-corrected chi connectivity index (χ2v) is 4.73. The molecule has 0 bridgehead atoms. The van der Waals surface area contributed by atoms with Gasteiger partial charge in [-0.3, -0.25) is 0 Å². The third-order valence-corrected chi connectivity index (χ3v) is 3.07. The van der Waals surface area contributed by atoms with E-state index in [0.29, 0.717) is 5.56 Å². The lowest BCUT2D eigenvalue weighted by Gasteiger charge is -2.08. The highest BCUT2D eigenvalue weighted by molar-refractivity contribution is 7.78. The minimum Gasteiger partial charge on any atom is -0.306 e. The summed E-state index contributed by atoms with van der Waals surface area (Å²) in [4.78, 5) is 0. The summed E-state index contributed by atoms with van der Waals surface area (Å²) in [5.41, 5.74) is 1.25. The standard InChI is InChI=1S/C12H17FO2S/c1-2-3-4-6-10-7-5-8-12(13)11(10)9-16(14)15/h5,7-8H,2-4,6,9H2,1H3,(H,14,15). The molecule has 2 nitrogen and oxygen atoms in total. The fourth-order valence-corrected chi connectivity index (χ4v) is 2.26. The van der Waals surface area contributed by atoms with E-state index in [4.69, 9.17) is 4.55 Å². The van der Waals surface area contributed by atoms with Crippen LogP contribution in [0.3, 0.4) is 0 Å². The Labute approximate surface area is 98.2 Å². The molecular weight excluding hydrogens is 227 g/mol. The summed E-state index contributed by atoms with van der Waals surface area (Å²) in [6, 6.07) is 4.83. The summed E-state index contributed by atoms with van der Waals surface area (Å²) in [7, 11) is 0. The van der Waals surface area contributed by atoms with Crippen molar-refractivity contribution in [3.63, 3.8) is 0 Å². The first kappa shape index (κ1) is 13.3. The molecule has 1 aromatic rings. The van der Waals surface area contributed by atoms with Crippen molar-refractivity contribution in [3.05, 3.63) is 35.1 Å². The van der Waals surface area contributed by atoms with Gasteiger partial charge in [0.1, 0.15) is 5.82 Å². The Hall–Kier alpha value is -0.740. The van der Waals surface area contributed by atoms with Gasteiger partial charge in [0, 0.05) is 5.56 Å². The molecule has 0 heterocycles. The molecule has 0 aliphatic heterocycles. The quantitative estimate of drug-likeness (QED) is 0.616. The Morgan fingerprint density at radius 3 is 2.75 bits per heavy atom. The summed E-state index contributed by atoms with van der Waals surface area (Å²) in [6.07, 6.45) is 3.97. The maximum atomic E-state index is 13.5. The lowest BCUT2D eigenvalue weighted by molar-refractivity contribution is 0.557. The predicted molar refractivity (Wildman–Crippen MR) is 64.1 cm³/mol. The zero-order valence-electron chi connectivity index (χ0n) is 9.41. The molecule has 0 aliphatic rings. The second kappa shape index (κ2) is 6.76. The van der Waals surface area contributed by atoms with Gasteiger partial charge < -0.3 is 4.55 Å². The number of hydrogen-bond acceptors (Lipinski definition) is 1. The molecule has 1 N–H and O–H groups in total. The molecule has 1 unspecified atom stereocenters. The van der Waals surface area contributed by atoms with E-state index < -0.39 is 11.1 Å². The van der Waals surface area contributed by atoms with Gasteiger partial charge in [-0.15, -0.1) is 0 Å². The van der Waals surface area contributed by atoms with Crippen LogP contribution in [0.4, 0.5) is 4.39 Å². The maximum Gasteiger partial charge on any atom is 0.157 e. The Morgan fingerprint density at radius 1 is 1.38 bits per heavy atom. The highest BCUT2D eigenvalue weighted by atomic mass is 32.2. The molecule has 0 radical (unpaired) electrons. The van der Waals surface area contributed by atoms with Crippen LogP contribution in [0.15, 0.2) is 18.2 Å². The number of benzene rings is 1. The first-order valence-electron chi connectivity index (χ1n) is 5.49. The van der Waals surface area contributed by atoms with Gasteiger partial charge in [-0.05, 0) is 24.5 Å². The zero-order valence-corrected chi connectivity index (χ0v) is 10.2. The Kier molecular flexibility index (Phi) is 5.63. The van der Waals surface area contributed by atoms with Crippen LogP contribution in [0, 0.1) is 5.82 Å². The fraction of sp³-hybridized carbons (Fsp3) is 0.500. The molecule has 0 spiro atoms. The number of unbranched alkanes of at least 4 members (excludes halogenated alkanes) is 2. The average molecular weight is 244 g/mol. The van der Waals surface area contributed by atoms with Gasteiger partial charge in [-0.2, -0.15) is 0 Å². The van der Waals surface area contributed by atoms with Gasteiger partial charge in [0.25, 0.3) is 0 Å². The van der Waals surface area contributed by atoms with E-state index in [1.807, 2.05) is 6.07 Å². The molecule has 0 saturated carbocycles. The minimum atomic E-state index is -1.98. The molecule has 0 aromatic heterocycles. The van der Waals surface area contributed by atoms with Crippen LogP contribution >= 0.6 is 0 Å². The Bertz CT molecular complexity index is 366. The SMILES string of the molecule is CCCCCc1cccc(F)c1CS(=O)O. The van der Waals surface area contributed by atoms with E-state index in [2.05, 4.69) is 6.92 Å². The van der Waals surface area contributed by atoms with E-state index in [-0.39, 0.29) is 11.6 Å². The predicted octanol–water partition coefficient (Wildman–Crippen LogP) is 3.28. The molecule has 0 aliphatic carbocycles. The van der Waals surface area contributed by atoms with Crippen molar-refractivity contribution in [2.45, 2.75) is 38.4 Å². The highest BCUT2D eigenvalue weighted by Gasteiger charge is 2.10. The summed E-state index contributed by atoms with van der Waals surface area (Å²) in [6.45, 7) is 2.11. The minimum absolute atomic E-state index is 0.117. The fourth-order valence-electron chi connectivity index (χ4n) is 1.69. The van der Waals surface area contributed by atoms with Gasteiger partial charge in [0.05, 0.1) is 5.75 Å². The second-order valence-electron chi connectivity index (χ2n) is 3.80. The zero-order chi connectivity index (χ0) is 12.0. The third kappa shape index (κ3) is 4.02. The Balaban J connectivity index is 2.80. The van der Waals surface area contributed by atoms with Crippen LogP contribution < -0.4 is 0 Å². The first-order valence-corrected chi connectivity index (χ1v) is 6.76. The smallest absolute Gasteiger partial charge is 0.157 e. The van der Waals surface area contributed by atoms with E-state index in [1.54, 1.807) is 6.07 Å².